The van der Waals surface area contributed by atoms with Crippen molar-refractivity contribution in [2.75, 3.05) is 19.1 Å². The van der Waals surface area contributed by atoms with Crippen molar-refractivity contribution in [2.45, 2.75) is 31.2 Å². The third-order valence-corrected chi connectivity index (χ3v) is 5.45. The number of urea groups is 1. The lowest BCUT2D eigenvalue weighted by molar-refractivity contribution is -0.139. The molecule has 28 heavy (non-hydrogen) atoms. The van der Waals surface area contributed by atoms with Crippen LogP contribution in [-0.2, 0) is 25.6 Å². The molecule has 2 amide bonds. The van der Waals surface area contributed by atoms with E-state index in [0.717, 1.165) is 11.2 Å². The second-order valence-corrected chi connectivity index (χ2v) is 10.5. The number of benzene rings is 1. The average Bonchev–Trinajstić information content (AvgIpc) is 2.51. The summed E-state index contributed by atoms with van der Waals surface area (Å²) in [6, 6.07) is 3.30. The Labute approximate surface area is 163 Å². The minimum absolute atomic E-state index is 0.0341. The van der Waals surface area contributed by atoms with Crippen LogP contribution in [0.5, 0.6) is 0 Å². The molecular weight excluding hydrogens is 411 g/mol. The van der Waals surface area contributed by atoms with Crippen LogP contribution in [0.4, 0.5) is 4.79 Å². The molecule has 12 heteroatoms. The largest absolute Gasteiger partial charge is 0.480 e. The minimum Gasteiger partial charge on any atom is -0.480 e. The van der Waals surface area contributed by atoms with Crippen molar-refractivity contribution in [1.29, 1.82) is 0 Å². The molecule has 0 aliphatic heterocycles. The number of nitrogens with one attached hydrogen (secondary N) is 1. The van der Waals surface area contributed by atoms with Gasteiger partial charge in [0.05, 0.1) is 4.90 Å². The average molecular weight is 436 g/mol. The van der Waals surface area contributed by atoms with Crippen molar-refractivity contribution < 1.29 is 37.5 Å². The standard InChI is InChI=1S/C16H25N2O8PS/c1-11(2)9-18(10-27(22,23)24)16(21)17-14(15(19)20)8-12-4-6-13(7-5-12)28(3,25)26/h4-7,11,14H,8-10H2,1-3H3,(H,17,21)(H,19,20)(H2,22,23,24)/t14-/m0/s1. The molecule has 0 unspecified atom stereocenters. The van der Waals surface area contributed by atoms with E-state index in [1.807, 2.05) is 0 Å². The first-order valence-electron chi connectivity index (χ1n) is 8.31. The van der Waals surface area contributed by atoms with E-state index in [-0.39, 0.29) is 23.8 Å². The third-order valence-electron chi connectivity index (χ3n) is 3.61. The smallest absolute Gasteiger partial charge is 0.344 e. The van der Waals surface area contributed by atoms with Crippen molar-refractivity contribution >= 4 is 29.4 Å². The van der Waals surface area contributed by atoms with Gasteiger partial charge in [0.25, 0.3) is 0 Å². The maximum atomic E-state index is 12.4. The molecule has 0 saturated carbocycles. The molecule has 0 heterocycles. The Bertz CT molecular complexity index is 848. The Morgan fingerprint density at radius 2 is 1.71 bits per heavy atom. The van der Waals surface area contributed by atoms with Gasteiger partial charge in [0.1, 0.15) is 12.3 Å². The van der Waals surface area contributed by atoms with E-state index < -0.39 is 41.8 Å². The van der Waals surface area contributed by atoms with Crippen LogP contribution in [0.2, 0.25) is 0 Å². The SMILES string of the molecule is CC(C)CN(CP(=O)(O)O)C(=O)N[C@@H](Cc1ccc(S(C)(=O)=O)cc1)C(=O)O. The number of carbonyl (C=O) groups excluding carboxylic acids is 1. The quantitative estimate of drug-likeness (QED) is 0.415. The molecule has 0 bridgehead atoms. The van der Waals surface area contributed by atoms with Crippen LogP contribution in [0, 0.1) is 5.92 Å². The van der Waals surface area contributed by atoms with Gasteiger partial charge in [-0.2, -0.15) is 0 Å². The van der Waals surface area contributed by atoms with Crippen molar-refractivity contribution in [3.8, 4) is 0 Å². The molecule has 0 aliphatic carbocycles. The van der Waals surface area contributed by atoms with Crippen molar-refractivity contribution in [1.82, 2.24) is 10.2 Å². The molecule has 0 radical (unpaired) electrons. The van der Waals surface area contributed by atoms with E-state index in [1.54, 1.807) is 13.8 Å². The van der Waals surface area contributed by atoms with E-state index in [0.29, 0.717) is 5.56 Å². The topological polar surface area (TPSA) is 161 Å². The molecule has 0 spiro atoms. The Morgan fingerprint density at radius 3 is 2.11 bits per heavy atom. The second-order valence-electron chi connectivity index (χ2n) is 6.88. The van der Waals surface area contributed by atoms with Crippen LogP contribution in [0.15, 0.2) is 29.2 Å². The summed E-state index contributed by atoms with van der Waals surface area (Å²) < 4.78 is 34.2. The van der Waals surface area contributed by atoms with E-state index in [4.69, 9.17) is 9.79 Å². The van der Waals surface area contributed by atoms with Gasteiger partial charge in [-0.3, -0.25) is 4.57 Å². The Morgan fingerprint density at radius 1 is 1.18 bits per heavy atom. The highest BCUT2D eigenvalue weighted by atomic mass is 32.2. The molecule has 0 fully saturated rings. The van der Waals surface area contributed by atoms with E-state index >= 15 is 0 Å². The van der Waals surface area contributed by atoms with Crippen LogP contribution in [0.3, 0.4) is 0 Å². The first-order chi connectivity index (χ1) is 12.7. The fourth-order valence-electron chi connectivity index (χ4n) is 2.42. The van der Waals surface area contributed by atoms with E-state index in [1.165, 1.54) is 24.3 Å². The van der Waals surface area contributed by atoms with Crippen molar-refractivity contribution in [3.63, 3.8) is 0 Å². The second kappa shape index (κ2) is 9.51. The molecular formula is C16H25N2O8PS. The van der Waals surface area contributed by atoms with E-state index in [9.17, 15) is 27.7 Å². The number of carboxylic acid groups (broad SMARTS) is 1. The number of hydrogen-bond acceptors (Lipinski definition) is 5. The zero-order chi connectivity index (χ0) is 21.7. The zero-order valence-corrected chi connectivity index (χ0v) is 17.5. The number of nitrogens with zero attached hydrogens (tertiary/aromatic N) is 1. The zero-order valence-electron chi connectivity index (χ0n) is 15.8. The molecule has 1 aromatic carbocycles. The summed E-state index contributed by atoms with van der Waals surface area (Å²) >= 11 is 0. The predicted octanol–water partition coefficient (Wildman–Crippen LogP) is 0.889. The highest BCUT2D eigenvalue weighted by Crippen LogP contribution is 2.35. The lowest BCUT2D eigenvalue weighted by Crippen LogP contribution is -2.50. The number of carbonyl (C=O) groups is 2. The molecule has 1 rings (SSSR count). The lowest BCUT2D eigenvalue weighted by Gasteiger charge is -2.27. The van der Waals surface area contributed by atoms with Crippen molar-refractivity contribution in [3.05, 3.63) is 29.8 Å². The molecule has 158 valence electrons. The molecule has 4 N–H and O–H groups in total. The molecule has 1 aromatic rings. The Hall–Kier alpha value is -1.94. The Kier molecular flexibility index (Phi) is 8.18. The van der Waals surface area contributed by atoms with Gasteiger partial charge in [0.15, 0.2) is 9.84 Å². The van der Waals surface area contributed by atoms with Gasteiger partial charge in [-0.05, 0) is 23.6 Å². The molecule has 0 aromatic heterocycles. The van der Waals surface area contributed by atoms with Gasteiger partial charge in [-0.25, -0.2) is 18.0 Å². The van der Waals surface area contributed by atoms with Crippen LogP contribution >= 0.6 is 7.60 Å². The van der Waals surface area contributed by atoms with Gasteiger partial charge in [-0.1, -0.05) is 26.0 Å². The van der Waals surface area contributed by atoms with E-state index in [2.05, 4.69) is 5.32 Å². The highest BCUT2D eigenvalue weighted by Gasteiger charge is 2.28. The monoisotopic (exact) mass is 436 g/mol. The Balaban J connectivity index is 2.94. The first kappa shape index (κ1) is 24.1. The molecule has 1 atom stereocenters. The van der Waals surface area contributed by atoms with Crippen molar-refractivity contribution in [2.24, 2.45) is 5.92 Å². The highest BCUT2D eigenvalue weighted by molar-refractivity contribution is 7.90. The predicted molar refractivity (Wildman–Crippen MR) is 102 cm³/mol. The summed E-state index contributed by atoms with van der Waals surface area (Å²) in [5.41, 5.74) is 0.477. The number of rotatable bonds is 9. The lowest BCUT2D eigenvalue weighted by atomic mass is 10.1. The summed E-state index contributed by atoms with van der Waals surface area (Å²) in [5.74, 6) is -1.43. The third kappa shape index (κ3) is 8.39. The summed E-state index contributed by atoms with van der Waals surface area (Å²) in [4.78, 5) is 43.1. The fourth-order valence-corrected chi connectivity index (χ4v) is 3.74. The number of sulfone groups is 1. The summed E-state index contributed by atoms with van der Waals surface area (Å²) in [7, 11) is -7.92. The number of carboxylic acids is 1. The summed E-state index contributed by atoms with van der Waals surface area (Å²) in [6.07, 6.45) is 0.0928. The maximum Gasteiger partial charge on any atom is 0.344 e. The number of aliphatic carboxylic acids is 1. The molecule has 0 aliphatic rings. The van der Waals surface area contributed by atoms with Gasteiger partial charge in [0.2, 0.25) is 0 Å². The van der Waals surface area contributed by atoms with Crippen LogP contribution in [-0.4, -0.2) is 65.3 Å². The maximum absolute atomic E-state index is 12.4. The van der Waals surface area contributed by atoms with Gasteiger partial charge in [0, 0.05) is 19.2 Å². The molecule has 0 saturated heterocycles. The van der Waals surface area contributed by atoms with Gasteiger partial charge in [-0.15, -0.1) is 0 Å². The normalized spacial score (nSPS) is 13.2. The summed E-state index contributed by atoms with van der Waals surface area (Å²) in [6.45, 7) is 3.53. The molecule has 10 nitrogen and oxygen atoms in total. The summed E-state index contributed by atoms with van der Waals surface area (Å²) in [5, 5.41) is 11.6. The van der Waals surface area contributed by atoms with Gasteiger partial charge < -0.3 is 25.1 Å². The van der Waals surface area contributed by atoms with Gasteiger partial charge >= 0.3 is 19.6 Å². The number of hydrogen-bond donors (Lipinski definition) is 4. The van der Waals surface area contributed by atoms with Crippen LogP contribution in [0.1, 0.15) is 19.4 Å². The van der Waals surface area contributed by atoms with Crippen LogP contribution < -0.4 is 5.32 Å². The van der Waals surface area contributed by atoms with Crippen LogP contribution in [0.25, 0.3) is 0 Å². The fraction of sp³-hybridized carbons (Fsp3) is 0.500. The first-order valence-corrected chi connectivity index (χ1v) is 12.0. The minimum atomic E-state index is -4.53. The number of amides is 2.